The van der Waals surface area contributed by atoms with E-state index in [9.17, 15) is 8.42 Å². The predicted molar refractivity (Wildman–Crippen MR) is 52.2 cm³/mol. The third-order valence-corrected chi connectivity index (χ3v) is 5.77. The molecule has 1 spiro atoms. The normalized spacial score (nSPS) is 53.4. The monoisotopic (exact) mass is 214 g/mol. The summed E-state index contributed by atoms with van der Waals surface area (Å²) < 4.78 is 28.7. The molecule has 0 unspecified atom stereocenters. The lowest BCUT2D eigenvalue weighted by Gasteiger charge is -2.38. The van der Waals surface area contributed by atoms with Crippen molar-refractivity contribution in [3.8, 4) is 0 Å². The molecule has 0 amide bonds. The van der Waals surface area contributed by atoms with E-state index >= 15 is 0 Å². The molecule has 4 heteroatoms. The standard InChI is InChI=1S/C10H14O3S/c1-7-5-10-3-2-8(6-10)4-9(10)14(11,12)13-7/h2-3,7-9H,4-6H2,1H3/t7-,8-,9-,10+/m1/s1. The molecule has 14 heavy (non-hydrogen) atoms. The Hall–Kier alpha value is -0.350. The Bertz CT molecular complexity index is 398. The molecule has 2 aliphatic carbocycles. The van der Waals surface area contributed by atoms with Crippen molar-refractivity contribution in [1.82, 2.24) is 0 Å². The highest BCUT2D eigenvalue weighted by Crippen LogP contribution is 2.57. The van der Waals surface area contributed by atoms with Gasteiger partial charge in [0.25, 0.3) is 10.1 Å². The summed E-state index contributed by atoms with van der Waals surface area (Å²) in [6.07, 6.45) is 6.81. The highest BCUT2D eigenvalue weighted by molar-refractivity contribution is 7.87. The van der Waals surface area contributed by atoms with E-state index in [-0.39, 0.29) is 16.8 Å². The molecule has 1 heterocycles. The maximum Gasteiger partial charge on any atom is 0.271 e. The summed E-state index contributed by atoms with van der Waals surface area (Å²) in [4.78, 5) is 0. The van der Waals surface area contributed by atoms with Gasteiger partial charge in [-0.3, -0.25) is 4.18 Å². The van der Waals surface area contributed by atoms with Gasteiger partial charge in [0.15, 0.2) is 0 Å². The third kappa shape index (κ3) is 0.984. The van der Waals surface area contributed by atoms with Crippen LogP contribution >= 0.6 is 0 Å². The number of allylic oxidation sites excluding steroid dienone is 2. The molecule has 78 valence electrons. The van der Waals surface area contributed by atoms with Crippen molar-refractivity contribution in [2.24, 2.45) is 11.3 Å². The number of hydrogen-bond acceptors (Lipinski definition) is 3. The molecule has 3 rings (SSSR count). The van der Waals surface area contributed by atoms with Gasteiger partial charge in [0.05, 0.1) is 11.4 Å². The van der Waals surface area contributed by atoms with E-state index in [0.29, 0.717) is 5.92 Å². The smallest absolute Gasteiger partial charge is 0.267 e. The van der Waals surface area contributed by atoms with Crippen LogP contribution in [0, 0.1) is 11.3 Å². The molecular weight excluding hydrogens is 200 g/mol. The number of rotatable bonds is 0. The summed E-state index contributed by atoms with van der Waals surface area (Å²) >= 11 is 0. The van der Waals surface area contributed by atoms with Gasteiger partial charge in [-0.05, 0) is 32.1 Å². The molecular formula is C10H14O3S. The zero-order valence-electron chi connectivity index (χ0n) is 8.14. The molecule has 4 atom stereocenters. The Kier molecular flexibility index (Phi) is 1.54. The lowest BCUT2D eigenvalue weighted by atomic mass is 9.82. The molecule has 1 saturated carbocycles. The Morgan fingerprint density at radius 2 is 2.21 bits per heavy atom. The first-order valence-electron chi connectivity index (χ1n) is 5.13. The number of hydrogen-bond donors (Lipinski definition) is 0. The second-order valence-corrected chi connectivity index (χ2v) is 6.63. The van der Waals surface area contributed by atoms with Crippen molar-refractivity contribution in [3.63, 3.8) is 0 Å². The predicted octanol–water partition coefficient (Wildman–Crippen LogP) is 1.46. The zero-order chi connectivity index (χ0) is 9.97. The first kappa shape index (κ1) is 8.92. The molecule has 1 aliphatic heterocycles. The summed E-state index contributed by atoms with van der Waals surface area (Å²) in [7, 11) is -3.30. The molecule has 1 saturated heterocycles. The van der Waals surface area contributed by atoms with Crippen molar-refractivity contribution >= 4 is 10.1 Å². The lowest BCUT2D eigenvalue weighted by molar-refractivity contribution is 0.131. The van der Waals surface area contributed by atoms with Gasteiger partial charge in [-0.1, -0.05) is 12.2 Å². The van der Waals surface area contributed by atoms with Crippen LogP contribution in [0.1, 0.15) is 26.2 Å². The average Bonchev–Trinajstić information content (AvgIpc) is 2.57. The van der Waals surface area contributed by atoms with Gasteiger partial charge in [-0.25, -0.2) is 0 Å². The number of fused-ring (bicyclic) bond motifs is 1. The van der Waals surface area contributed by atoms with Crippen LogP contribution in [0.3, 0.4) is 0 Å². The van der Waals surface area contributed by atoms with Crippen molar-refractivity contribution in [2.75, 3.05) is 0 Å². The molecule has 2 fully saturated rings. The molecule has 3 nitrogen and oxygen atoms in total. The minimum absolute atomic E-state index is 0.0822. The van der Waals surface area contributed by atoms with Crippen LogP contribution < -0.4 is 0 Å². The molecule has 0 radical (unpaired) electrons. The molecule has 3 aliphatic rings. The molecule has 2 bridgehead atoms. The summed E-state index contributed by atoms with van der Waals surface area (Å²) in [6.45, 7) is 1.85. The quantitative estimate of drug-likeness (QED) is 0.453. The van der Waals surface area contributed by atoms with Gasteiger partial charge in [0.2, 0.25) is 0 Å². The van der Waals surface area contributed by atoms with Crippen LogP contribution in [0.2, 0.25) is 0 Å². The highest BCUT2D eigenvalue weighted by Gasteiger charge is 2.58. The fourth-order valence-electron chi connectivity index (χ4n) is 3.42. The van der Waals surface area contributed by atoms with Crippen molar-refractivity contribution in [1.29, 1.82) is 0 Å². The van der Waals surface area contributed by atoms with E-state index < -0.39 is 10.1 Å². The van der Waals surface area contributed by atoms with Crippen LogP contribution in [-0.2, 0) is 14.3 Å². The van der Waals surface area contributed by atoms with Gasteiger partial charge < -0.3 is 0 Å². The van der Waals surface area contributed by atoms with E-state index in [1.807, 2.05) is 6.92 Å². The van der Waals surface area contributed by atoms with E-state index in [1.165, 1.54) is 0 Å². The van der Waals surface area contributed by atoms with Gasteiger partial charge in [0, 0.05) is 5.41 Å². The average molecular weight is 214 g/mol. The van der Waals surface area contributed by atoms with Crippen LogP contribution in [-0.4, -0.2) is 19.8 Å². The minimum Gasteiger partial charge on any atom is -0.267 e. The second kappa shape index (κ2) is 2.42. The molecule has 0 N–H and O–H groups in total. The highest BCUT2D eigenvalue weighted by atomic mass is 32.2. The van der Waals surface area contributed by atoms with Crippen molar-refractivity contribution in [2.45, 2.75) is 37.5 Å². The zero-order valence-corrected chi connectivity index (χ0v) is 8.96. The van der Waals surface area contributed by atoms with Crippen LogP contribution in [0.5, 0.6) is 0 Å². The molecule has 0 aromatic carbocycles. The first-order valence-corrected chi connectivity index (χ1v) is 6.60. The summed E-state index contributed by atoms with van der Waals surface area (Å²) in [5.41, 5.74) is -0.0822. The van der Waals surface area contributed by atoms with E-state index in [4.69, 9.17) is 4.18 Å². The lowest BCUT2D eigenvalue weighted by Crippen LogP contribution is -2.45. The van der Waals surface area contributed by atoms with E-state index in [1.54, 1.807) is 0 Å². The van der Waals surface area contributed by atoms with Gasteiger partial charge in [0.1, 0.15) is 0 Å². The third-order valence-electron chi connectivity index (χ3n) is 3.81. The molecule has 0 aromatic rings. The minimum atomic E-state index is -3.30. The fourth-order valence-corrected chi connectivity index (χ4v) is 5.40. The van der Waals surface area contributed by atoms with Gasteiger partial charge >= 0.3 is 0 Å². The maximum atomic E-state index is 11.8. The Balaban J connectivity index is 2.10. The van der Waals surface area contributed by atoms with Crippen LogP contribution in [0.25, 0.3) is 0 Å². The Labute approximate surface area is 84.3 Å². The maximum absolute atomic E-state index is 11.8. The fraction of sp³-hybridized carbons (Fsp3) is 0.800. The topological polar surface area (TPSA) is 43.4 Å². The first-order chi connectivity index (χ1) is 6.52. The Morgan fingerprint density at radius 1 is 1.43 bits per heavy atom. The largest absolute Gasteiger partial charge is 0.271 e. The Morgan fingerprint density at radius 3 is 2.93 bits per heavy atom. The van der Waals surface area contributed by atoms with Gasteiger partial charge in [-0.2, -0.15) is 8.42 Å². The summed E-state index contributed by atoms with van der Waals surface area (Å²) in [6, 6.07) is 0. The second-order valence-electron chi connectivity index (χ2n) is 4.88. The van der Waals surface area contributed by atoms with E-state index in [2.05, 4.69) is 12.2 Å². The van der Waals surface area contributed by atoms with Crippen LogP contribution in [0.15, 0.2) is 12.2 Å². The van der Waals surface area contributed by atoms with Crippen LogP contribution in [0.4, 0.5) is 0 Å². The summed E-state index contributed by atoms with van der Waals surface area (Å²) in [5.74, 6) is 0.476. The van der Waals surface area contributed by atoms with E-state index in [0.717, 1.165) is 19.3 Å². The molecule has 0 aromatic heterocycles. The van der Waals surface area contributed by atoms with Crippen molar-refractivity contribution in [3.05, 3.63) is 12.2 Å². The summed E-state index contributed by atoms with van der Waals surface area (Å²) in [5, 5.41) is -0.263. The van der Waals surface area contributed by atoms with Gasteiger partial charge in [-0.15, -0.1) is 0 Å². The van der Waals surface area contributed by atoms with Crippen molar-refractivity contribution < 1.29 is 12.6 Å². The SMILES string of the molecule is C[C@@H]1C[C@]23C=C[C@H](C[C@H]2S(=O)(=O)O1)C3.